The van der Waals surface area contributed by atoms with Crippen molar-refractivity contribution in [2.75, 3.05) is 6.54 Å². The average molecular weight is 279 g/mol. The van der Waals surface area contributed by atoms with Crippen LogP contribution in [0.15, 0.2) is 24.3 Å². The maximum absolute atomic E-state index is 10.6. The number of amides is 1. The third-order valence-corrected chi connectivity index (χ3v) is 3.33. The second-order valence-electron chi connectivity index (χ2n) is 5.41. The van der Waals surface area contributed by atoms with Crippen LogP contribution in [0.25, 0.3) is 0 Å². The number of unbranched alkanes of at least 4 members (excludes halogenated alkanes) is 9. The van der Waals surface area contributed by atoms with Crippen molar-refractivity contribution in [3.05, 3.63) is 24.3 Å². The van der Waals surface area contributed by atoms with Crippen molar-refractivity contribution in [1.82, 2.24) is 5.32 Å². The lowest BCUT2D eigenvalue weighted by atomic mass is 10.1. The number of hydrogen-bond acceptors (Lipinski definition) is 1. The monoisotopic (exact) mass is 279 g/mol. The third kappa shape index (κ3) is 16.9. The first-order chi connectivity index (χ1) is 9.77. The van der Waals surface area contributed by atoms with Gasteiger partial charge in [0.2, 0.25) is 5.91 Å². The standard InChI is InChI=1S/C18H33NO/c1-3-4-5-6-7-8-9-10-11-12-13-14-15-16-17-19-18(2)20/h13-16H,3-12,17H2,1-2H3,(H,19,20). The lowest BCUT2D eigenvalue weighted by molar-refractivity contribution is -0.118. The van der Waals surface area contributed by atoms with E-state index in [9.17, 15) is 4.79 Å². The highest BCUT2D eigenvalue weighted by molar-refractivity contribution is 5.72. The van der Waals surface area contributed by atoms with Crippen molar-refractivity contribution >= 4 is 5.91 Å². The SMILES string of the molecule is CCCCCCCCCCCC=CC=CCNC(C)=O. The molecular formula is C18H33NO. The molecule has 0 heterocycles. The summed E-state index contributed by atoms with van der Waals surface area (Å²) >= 11 is 0. The number of nitrogens with one attached hydrogen (secondary N) is 1. The number of hydrogen-bond donors (Lipinski definition) is 1. The maximum atomic E-state index is 10.6. The van der Waals surface area contributed by atoms with Crippen LogP contribution >= 0.6 is 0 Å². The number of allylic oxidation sites excluding steroid dienone is 3. The van der Waals surface area contributed by atoms with Gasteiger partial charge in [0.1, 0.15) is 0 Å². The molecule has 0 unspecified atom stereocenters. The highest BCUT2D eigenvalue weighted by Crippen LogP contribution is 2.10. The molecule has 0 saturated heterocycles. The van der Waals surface area contributed by atoms with Gasteiger partial charge < -0.3 is 5.32 Å². The molecule has 0 aliphatic rings. The van der Waals surface area contributed by atoms with Crippen LogP contribution in [-0.2, 0) is 4.79 Å². The lowest BCUT2D eigenvalue weighted by Gasteiger charge is -2.00. The van der Waals surface area contributed by atoms with Gasteiger partial charge in [-0.25, -0.2) is 0 Å². The van der Waals surface area contributed by atoms with Gasteiger partial charge in [-0.3, -0.25) is 4.79 Å². The normalized spacial score (nSPS) is 11.5. The van der Waals surface area contributed by atoms with Crippen molar-refractivity contribution in [3.63, 3.8) is 0 Å². The number of carbonyl (C=O) groups is 1. The van der Waals surface area contributed by atoms with Crippen LogP contribution in [-0.4, -0.2) is 12.5 Å². The van der Waals surface area contributed by atoms with Gasteiger partial charge in [-0.05, 0) is 12.8 Å². The van der Waals surface area contributed by atoms with Crippen molar-refractivity contribution in [1.29, 1.82) is 0 Å². The van der Waals surface area contributed by atoms with E-state index in [1.165, 1.54) is 71.1 Å². The van der Waals surface area contributed by atoms with Crippen LogP contribution < -0.4 is 5.32 Å². The minimum atomic E-state index is 0.0216. The summed E-state index contributed by atoms with van der Waals surface area (Å²) < 4.78 is 0. The molecule has 2 nitrogen and oxygen atoms in total. The van der Waals surface area contributed by atoms with E-state index in [2.05, 4.69) is 24.4 Å². The Bertz CT molecular complexity index is 269. The van der Waals surface area contributed by atoms with E-state index in [4.69, 9.17) is 0 Å². The van der Waals surface area contributed by atoms with Crippen LogP contribution in [0.1, 0.15) is 78.1 Å². The molecule has 1 N–H and O–H groups in total. The summed E-state index contributed by atoms with van der Waals surface area (Å²) in [6.07, 6.45) is 21.9. The van der Waals surface area contributed by atoms with Crippen LogP contribution in [0, 0.1) is 0 Å². The molecule has 0 bridgehead atoms. The first kappa shape index (κ1) is 18.9. The summed E-state index contributed by atoms with van der Waals surface area (Å²) in [4.78, 5) is 10.6. The lowest BCUT2D eigenvalue weighted by Crippen LogP contribution is -2.19. The largest absolute Gasteiger partial charge is 0.353 e. The molecule has 0 radical (unpaired) electrons. The maximum Gasteiger partial charge on any atom is 0.217 e. The Morgan fingerprint density at radius 3 is 2.00 bits per heavy atom. The first-order valence-electron chi connectivity index (χ1n) is 8.33. The molecule has 116 valence electrons. The van der Waals surface area contributed by atoms with Crippen molar-refractivity contribution in [2.24, 2.45) is 0 Å². The Hall–Kier alpha value is -1.05. The Balaban J connectivity index is 3.17. The third-order valence-electron chi connectivity index (χ3n) is 3.33. The minimum Gasteiger partial charge on any atom is -0.353 e. The van der Waals surface area contributed by atoms with Gasteiger partial charge >= 0.3 is 0 Å². The molecule has 2 heteroatoms. The smallest absolute Gasteiger partial charge is 0.217 e. The van der Waals surface area contributed by atoms with Gasteiger partial charge in [0.25, 0.3) is 0 Å². The Labute approximate surface area is 125 Å². The number of carbonyl (C=O) groups excluding carboxylic acids is 1. The molecule has 0 aliphatic carbocycles. The van der Waals surface area contributed by atoms with E-state index >= 15 is 0 Å². The molecule has 20 heavy (non-hydrogen) atoms. The van der Waals surface area contributed by atoms with E-state index in [1.54, 1.807) is 0 Å². The molecule has 0 saturated carbocycles. The topological polar surface area (TPSA) is 29.1 Å². The summed E-state index contributed by atoms with van der Waals surface area (Å²) in [6, 6.07) is 0. The predicted molar refractivity (Wildman–Crippen MR) is 88.8 cm³/mol. The Kier molecular flexibility index (Phi) is 15.2. The minimum absolute atomic E-state index is 0.0216. The summed E-state index contributed by atoms with van der Waals surface area (Å²) in [7, 11) is 0. The summed E-state index contributed by atoms with van der Waals surface area (Å²) in [5.74, 6) is 0.0216. The predicted octanol–water partition coefficient (Wildman–Crippen LogP) is 5.16. The van der Waals surface area contributed by atoms with E-state index in [0.29, 0.717) is 6.54 Å². The molecule has 0 spiro atoms. The molecule has 0 aromatic carbocycles. The van der Waals surface area contributed by atoms with Crippen molar-refractivity contribution in [3.8, 4) is 0 Å². The molecule has 0 aromatic heterocycles. The van der Waals surface area contributed by atoms with Crippen LogP contribution in [0.5, 0.6) is 0 Å². The van der Waals surface area contributed by atoms with Crippen molar-refractivity contribution in [2.45, 2.75) is 78.1 Å². The fourth-order valence-corrected chi connectivity index (χ4v) is 2.10. The van der Waals surface area contributed by atoms with Crippen molar-refractivity contribution < 1.29 is 4.79 Å². The molecule has 0 rings (SSSR count). The first-order valence-corrected chi connectivity index (χ1v) is 8.33. The summed E-state index contributed by atoms with van der Waals surface area (Å²) in [6.45, 7) is 4.42. The second kappa shape index (κ2) is 16.0. The van der Waals surface area contributed by atoms with Gasteiger partial charge in [-0.15, -0.1) is 0 Å². The molecular weight excluding hydrogens is 246 g/mol. The van der Waals surface area contributed by atoms with Gasteiger partial charge in [0.15, 0.2) is 0 Å². The van der Waals surface area contributed by atoms with Gasteiger partial charge in [-0.2, -0.15) is 0 Å². The number of rotatable bonds is 13. The fourth-order valence-electron chi connectivity index (χ4n) is 2.10. The molecule has 0 aromatic rings. The van der Waals surface area contributed by atoms with Gasteiger partial charge in [0.05, 0.1) is 0 Å². The zero-order valence-electron chi connectivity index (χ0n) is 13.5. The van der Waals surface area contributed by atoms with E-state index < -0.39 is 0 Å². The molecule has 0 fully saturated rings. The van der Waals surface area contributed by atoms with E-state index in [-0.39, 0.29) is 5.91 Å². The van der Waals surface area contributed by atoms with Gasteiger partial charge in [0, 0.05) is 13.5 Å². The highest BCUT2D eigenvalue weighted by atomic mass is 16.1. The highest BCUT2D eigenvalue weighted by Gasteiger charge is 1.90. The van der Waals surface area contributed by atoms with E-state index in [0.717, 1.165) is 0 Å². The average Bonchev–Trinajstić information content (AvgIpc) is 2.43. The summed E-state index contributed by atoms with van der Waals surface area (Å²) in [5.41, 5.74) is 0. The molecule has 1 amide bonds. The molecule has 0 atom stereocenters. The zero-order chi connectivity index (χ0) is 14.9. The van der Waals surface area contributed by atoms with Gasteiger partial charge in [-0.1, -0.05) is 82.6 Å². The van der Waals surface area contributed by atoms with Crippen LogP contribution in [0.3, 0.4) is 0 Å². The Morgan fingerprint density at radius 2 is 1.40 bits per heavy atom. The second-order valence-corrected chi connectivity index (χ2v) is 5.41. The summed E-state index contributed by atoms with van der Waals surface area (Å²) in [5, 5.41) is 2.73. The van der Waals surface area contributed by atoms with Crippen LogP contribution in [0.2, 0.25) is 0 Å². The van der Waals surface area contributed by atoms with Crippen LogP contribution in [0.4, 0.5) is 0 Å². The molecule has 0 aliphatic heterocycles. The fraction of sp³-hybridized carbons (Fsp3) is 0.722. The Morgan fingerprint density at radius 1 is 0.850 bits per heavy atom. The zero-order valence-corrected chi connectivity index (χ0v) is 13.5. The van der Waals surface area contributed by atoms with E-state index in [1.807, 2.05) is 12.2 Å². The quantitative estimate of drug-likeness (QED) is 0.366.